The van der Waals surface area contributed by atoms with Gasteiger partial charge in [-0.15, -0.1) is 11.8 Å². The summed E-state index contributed by atoms with van der Waals surface area (Å²) in [6.07, 6.45) is 4.33. The molecule has 0 aromatic carbocycles. The van der Waals surface area contributed by atoms with Crippen molar-refractivity contribution in [3.63, 3.8) is 0 Å². The van der Waals surface area contributed by atoms with Crippen molar-refractivity contribution in [1.82, 2.24) is 10.3 Å². The van der Waals surface area contributed by atoms with Gasteiger partial charge in [0.15, 0.2) is 0 Å². The summed E-state index contributed by atoms with van der Waals surface area (Å²) in [4.78, 5) is 17.0. The molecular weight excluding hydrogens is 272 g/mol. The lowest BCUT2D eigenvalue weighted by Gasteiger charge is -2.59. The van der Waals surface area contributed by atoms with E-state index in [9.17, 15) is 4.79 Å². The third kappa shape index (κ3) is 2.83. The quantitative estimate of drug-likeness (QED) is 0.848. The molecule has 1 saturated carbocycles. The Hall–Kier alpha value is -1.07. The van der Waals surface area contributed by atoms with E-state index < -0.39 is 0 Å². The van der Waals surface area contributed by atoms with E-state index >= 15 is 0 Å². The maximum Gasteiger partial charge on any atom is 0.230 e. The van der Waals surface area contributed by atoms with Gasteiger partial charge in [-0.05, 0) is 25.5 Å². The van der Waals surface area contributed by atoms with Crippen LogP contribution in [0.3, 0.4) is 0 Å². The molecule has 4 nitrogen and oxygen atoms in total. The van der Waals surface area contributed by atoms with Crippen molar-refractivity contribution in [2.75, 3.05) is 12.9 Å². The molecule has 1 amide bonds. The summed E-state index contributed by atoms with van der Waals surface area (Å²) in [5.41, 5.74) is -0.193. The van der Waals surface area contributed by atoms with Gasteiger partial charge in [-0.2, -0.15) is 0 Å². The topological polar surface area (TPSA) is 51.2 Å². The molecule has 0 bridgehead atoms. The average Bonchev–Trinajstić information content (AvgIpc) is 2.45. The normalized spacial score (nSPS) is 27.7. The summed E-state index contributed by atoms with van der Waals surface area (Å²) in [5.74, 6) is 0.503. The Bertz CT molecular complexity index is 478. The first-order valence-corrected chi connectivity index (χ1v) is 7.75. The number of nitrogens with one attached hydrogen (secondary N) is 1. The zero-order valence-corrected chi connectivity index (χ0v) is 13.3. The fraction of sp³-hybridized carbons (Fsp3) is 0.600. The van der Waals surface area contributed by atoms with Gasteiger partial charge in [-0.25, -0.2) is 0 Å². The minimum atomic E-state index is -0.150. The smallest absolute Gasteiger partial charge is 0.230 e. The van der Waals surface area contributed by atoms with Gasteiger partial charge in [0.2, 0.25) is 5.91 Å². The molecule has 1 fully saturated rings. The maximum atomic E-state index is 12.0. The summed E-state index contributed by atoms with van der Waals surface area (Å²) in [6, 6.07) is 4.00. The third-order valence-corrected chi connectivity index (χ3v) is 5.65. The molecule has 5 heteroatoms. The first kappa shape index (κ1) is 15.3. The van der Waals surface area contributed by atoms with Gasteiger partial charge >= 0.3 is 0 Å². The summed E-state index contributed by atoms with van der Waals surface area (Å²) in [7, 11) is 1.74. The predicted molar refractivity (Wildman–Crippen MR) is 80.7 cm³/mol. The second kappa shape index (κ2) is 5.74. The Morgan fingerprint density at radius 1 is 1.45 bits per heavy atom. The summed E-state index contributed by atoms with van der Waals surface area (Å²) in [5, 5.41) is 3.11. The third-order valence-electron chi connectivity index (χ3n) is 4.63. The Morgan fingerprint density at radius 3 is 2.65 bits per heavy atom. The standard InChI is InChI=1S/C15H22N2O2S/c1-14(2)12(9-15(14,3)19-4)17-13(18)10-20-11-5-7-16-8-6-11/h5-8,12H,9-10H2,1-4H3,(H,17,18)/t12-,15-/m1/s1. The van der Waals surface area contributed by atoms with Crippen LogP contribution in [0.5, 0.6) is 0 Å². The van der Waals surface area contributed by atoms with E-state index in [1.54, 1.807) is 19.5 Å². The molecule has 2 atom stereocenters. The summed E-state index contributed by atoms with van der Waals surface area (Å²) >= 11 is 1.53. The molecule has 1 aliphatic rings. The lowest BCUT2D eigenvalue weighted by molar-refractivity contribution is -0.182. The van der Waals surface area contributed by atoms with E-state index in [4.69, 9.17) is 4.74 Å². The van der Waals surface area contributed by atoms with Crippen molar-refractivity contribution in [2.24, 2.45) is 5.41 Å². The number of hydrogen-bond donors (Lipinski definition) is 1. The van der Waals surface area contributed by atoms with Gasteiger partial charge in [0.1, 0.15) is 0 Å². The van der Waals surface area contributed by atoms with Crippen LogP contribution in [-0.4, -0.2) is 35.4 Å². The molecule has 1 aromatic heterocycles. The Balaban J connectivity index is 1.82. The molecular formula is C15H22N2O2S. The second-order valence-electron chi connectivity index (χ2n) is 5.95. The molecule has 110 valence electrons. The fourth-order valence-electron chi connectivity index (χ4n) is 2.54. The van der Waals surface area contributed by atoms with Crippen LogP contribution in [0, 0.1) is 5.41 Å². The van der Waals surface area contributed by atoms with Gasteiger partial charge in [-0.1, -0.05) is 13.8 Å². The van der Waals surface area contributed by atoms with Crippen LogP contribution >= 0.6 is 11.8 Å². The molecule has 1 aliphatic carbocycles. The highest BCUT2D eigenvalue weighted by Crippen LogP contribution is 2.51. The number of methoxy groups -OCH3 is 1. The molecule has 0 spiro atoms. The average molecular weight is 294 g/mol. The molecule has 1 heterocycles. The van der Waals surface area contributed by atoms with E-state index in [0.717, 1.165) is 11.3 Å². The van der Waals surface area contributed by atoms with Gasteiger partial charge in [0.05, 0.1) is 11.4 Å². The number of ether oxygens (including phenoxy) is 1. The molecule has 20 heavy (non-hydrogen) atoms. The monoisotopic (exact) mass is 294 g/mol. The number of thioether (sulfide) groups is 1. The number of carbonyl (C=O) groups excluding carboxylic acids is 1. The molecule has 0 unspecified atom stereocenters. The number of rotatable bonds is 5. The lowest BCUT2D eigenvalue weighted by atomic mass is 9.56. The van der Waals surface area contributed by atoms with E-state index in [1.807, 2.05) is 12.1 Å². The number of hydrogen-bond acceptors (Lipinski definition) is 4. The Kier molecular flexibility index (Phi) is 4.39. The number of aromatic nitrogens is 1. The van der Waals surface area contributed by atoms with Crippen LogP contribution in [0.2, 0.25) is 0 Å². The number of amides is 1. The minimum Gasteiger partial charge on any atom is -0.378 e. The minimum absolute atomic E-state index is 0.0429. The van der Waals surface area contributed by atoms with Gasteiger partial charge in [0.25, 0.3) is 0 Å². The van der Waals surface area contributed by atoms with Crippen molar-refractivity contribution in [2.45, 2.75) is 43.7 Å². The van der Waals surface area contributed by atoms with Crippen molar-refractivity contribution < 1.29 is 9.53 Å². The summed E-state index contributed by atoms with van der Waals surface area (Å²) in [6.45, 7) is 6.38. The largest absolute Gasteiger partial charge is 0.378 e. The Labute approximate surface area is 124 Å². The van der Waals surface area contributed by atoms with E-state index in [2.05, 4.69) is 31.1 Å². The predicted octanol–water partition coefficient (Wildman–Crippen LogP) is 2.49. The number of pyridine rings is 1. The molecule has 2 rings (SSSR count). The van der Waals surface area contributed by atoms with Crippen molar-refractivity contribution in [3.05, 3.63) is 24.5 Å². The molecule has 0 radical (unpaired) electrons. The van der Waals surface area contributed by atoms with Gasteiger partial charge < -0.3 is 10.1 Å². The molecule has 0 saturated heterocycles. The van der Waals surface area contributed by atoms with Crippen LogP contribution in [0.4, 0.5) is 0 Å². The molecule has 1 aromatic rings. The SMILES string of the molecule is CO[C@]1(C)C[C@@H](NC(=O)CSc2ccncc2)C1(C)C. The van der Waals surface area contributed by atoms with Crippen molar-refractivity contribution >= 4 is 17.7 Å². The van der Waals surface area contributed by atoms with Crippen molar-refractivity contribution in [3.8, 4) is 0 Å². The first-order chi connectivity index (χ1) is 9.39. The maximum absolute atomic E-state index is 12.0. The van der Waals surface area contributed by atoms with Crippen LogP contribution in [0.15, 0.2) is 29.4 Å². The Morgan fingerprint density at radius 2 is 2.10 bits per heavy atom. The van der Waals surface area contributed by atoms with Gasteiger partial charge in [-0.3, -0.25) is 9.78 Å². The van der Waals surface area contributed by atoms with Gasteiger partial charge in [0, 0.05) is 35.9 Å². The summed E-state index contributed by atoms with van der Waals surface area (Å²) < 4.78 is 5.57. The van der Waals surface area contributed by atoms with E-state index in [1.165, 1.54) is 11.8 Å². The van der Waals surface area contributed by atoms with E-state index in [-0.39, 0.29) is 23.0 Å². The highest BCUT2D eigenvalue weighted by Gasteiger charge is 2.58. The zero-order valence-electron chi connectivity index (χ0n) is 12.5. The zero-order chi connectivity index (χ0) is 14.8. The molecule has 1 N–H and O–H groups in total. The van der Waals surface area contributed by atoms with Crippen molar-refractivity contribution in [1.29, 1.82) is 0 Å². The molecule has 0 aliphatic heterocycles. The highest BCUT2D eigenvalue weighted by atomic mass is 32.2. The van der Waals surface area contributed by atoms with Crippen LogP contribution in [-0.2, 0) is 9.53 Å². The number of carbonyl (C=O) groups is 1. The van der Waals surface area contributed by atoms with E-state index in [0.29, 0.717) is 5.75 Å². The first-order valence-electron chi connectivity index (χ1n) is 6.76. The van der Waals surface area contributed by atoms with Crippen LogP contribution < -0.4 is 5.32 Å². The lowest BCUT2D eigenvalue weighted by Crippen LogP contribution is -2.68. The van der Waals surface area contributed by atoms with Crippen LogP contribution in [0.25, 0.3) is 0 Å². The highest BCUT2D eigenvalue weighted by molar-refractivity contribution is 8.00. The number of nitrogens with zero attached hydrogens (tertiary/aromatic N) is 1. The fourth-order valence-corrected chi connectivity index (χ4v) is 3.24. The van der Waals surface area contributed by atoms with Crippen LogP contribution in [0.1, 0.15) is 27.2 Å². The second-order valence-corrected chi connectivity index (χ2v) is 7.00.